The van der Waals surface area contributed by atoms with Gasteiger partial charge in [0.2, 0.25) is 0 Å². The zero-order chi connectivity index (χ0) is 9.52. The molecule has 0 spiro atoms. The van der Waals surface area contributed by atoms with Crippen molar-refractivity contribution in [3.05, 3.63) is 24.2 Å². The predicted molar refractivity (Wildman–Crippen MR) is 53.4 cm³/mol. The smallest absolute Gasteiger partial charge is 0.120 e. The number of nitrogens with two attached hydrogens (primary N) is 1. The van der Waals surface area contributed by atoms with Crippen LogP contribution in [0.4, 0.5) is 0 Å². The van der Waals surface area contributed by atoms with E-state index < -0.39 is 0 Å². The van der Waals surface area contributed by atoms with Crippen LogP contribution in [-0.4, -0.2) is 13.1 Å². The molecular weight excluding hydrogens is 164 g/mol. The van der Waals surface area contributed by atoms with E-state index in [1.165, 1.54) is 0 Å². The van der Waals surface area contributed by atoms with Gasteiger partial charge < -0.3 is 15.5 Å². The molecule has 0 fully saturated rings. The highest BCUT2D eigenvalue weighted by Gasteiger charge is 2.05. The average molecular weight is 182 g/mol. The van der Waals surface area contributed by atoms with Crippen molar-refractivity contribution in [2.45, 2.75) is 25.8 Å². The van der Waals surface area contributed by atoms with E-state index in [9.17, 15) is 0 Å². The Kier molecular flexibility index (Phi) is 4.57. The minimum absolute atomic E-state index is 0.299. The molecule has 1 heterocycles. The molecule has 0 bridgehead atoms. The van der Waals surface area contributed by atoms with Gasteiger partial charge in [-0.2, -0.15) is 0 Å². The van der Waals surface area contributed by atoms with Gasteiger partial charge in [0.15, 0.2) is 0 Å². The van der Waals surface area contributed by atoms with Crippen molar-refractivity contribution in [1.29, 1.82) is 0 Å². The van der Waals surface area contributed by atoms with Crippen LogP contribution in [0.5, 0.6) is 0 Å². The van der Waals surface area contributed by atoms with E-state index in [1.54, 1.807) is 6.26 Å². The van der Waals surface area contributed by atoms with Crippen molar-refractivity contribution in [2.24, 2.45) is 5.73 Å². The minimum atomic E-state index is 0.299. The highest BCUT2D eigenvalue weighted by Crippen LogP contribution is 2.11. The molecule has 0 aliphatic carbocycles. The number of hydrogen-bond acceptors (Lipinski definition) is 3. The molecule has 1 aromatic heterocycles. The van der Waals surface area contributed by atoms with Gasteiger partial charge in [0.25, 0.3) is 0 Å². The lowest BCUT2D eigenvalue weighted by molar-refractivity contribution is 0.427. The third-order valence-electron chi connectivity index (χ3n) is 2.05. The fourth-order valence-electron chi connectivity index (χ4n) is 1.23. The maximum absolute atomic E-state index is 5.39. The van der Waals surface area contributed by atoms with Crippen molar-refractivity contribution in [3.8, 4) is 0 Å². The van der Waals surface area contributed by atoms with Gasteiger partial charge in [0, 0.05) is 0 Å². The third kappa shape index (κ3) is 3.61. The Hall–Kier alpha value is -0.800. The Morgan fingerprint density at radius 3 is 3.00 bits per heavy atom. The van der Waals surface area contributed by atoms with Crippen molar-refractivity contribution < 1.29 is 4.42 Å². The quantitative estimate of drug-likeness (QED) is 0.658. The lowest BCUT2D eigenvalue weighted by Gasteiger charge is -2.10. The summed E-state index contributed by atoms with van der Waals surface area (Å²) < 4.78 is 5.27. The van der Waals surface area contributed by atoms with Crippen LogP contribution in [0.1, 0.15) is 31.6 Å². The molecule has 13 heavy (non-hydrogen) atoms. The fraction of sp³-hybridized carbons (Fsp3) is 0.600. The van der Waals surface area contributed by atoms with Crippen molar-refractivity contribution in [2.75, 3.05) is 13.1 Å². The second-order valence-electron chi connectivity index (χ2n) is 3.19. The van der Waals surface area contributed by atoms with E-state index in [2.05, 4.69) is 12.2 Å². The summed E-state index contributed by atoms with van der Waals surface area (Å²) in [6.07, 6.45) is 3.91. The van der Waals surface area contributed by atoms with Crippen molar-refractivity contribution in [3.63, 3.8) is 0 Å². The zero-order valence-corrected chi connectivity index (χ0v) is 8.12. The van der Waals surface area contributed by atoms with E-state index in [4.69, 9.17) is 10.2 Å². The zero-order valence-electron chi connectivity index (χ0n) is 8.12. The van der Waals surface area contributed by atoms with Crippen LogP contribution in [0, 0.1) is 0 Å². The first-order valence-corrected chi connectivity index (χ1v) is 4.81. The van der Waals surface area contributed by atoms with Crippen LogP contribution >= 0.6 is 0 Å². The lowest BCUT2D eigenvalue weighted by atomic mass is 10.2. The number of rotatable bonds is 6. The molecule has 0 radical (unpaired) electrons. The Morgan fingerprint density at radius 2 is 2.38 bits per heavy atom. The number of hydrogen-bond donors (Lipinski definition) is 2. The molecule has 3 nitrogen and oxygen atoms in total. The molecule has 1 atom stereocenters. The lowest BCUT2D eigenvalue weighted by Crippen LogP contribution is -2.20. The van der Waals surface area contributed by atoms with Gasteiger partial charge in [-0.1, -0.05) is 0 Å². The maximum atomic E-state index is 5.39. The van der Waals surface area contributed by atoms with E-state index in [1.807, 2.05) is 12.1 Å². The van der Waals surface area contributed by atoms with Gasteiger partial charge >= 0.3 is 0 Å². The SMILES string of the molecule is CC(NCCCCN)c1ccco1. The Balaban J connectivity index is 2.15. The van der Waals surface area contributed by atoms with E-state index >= 15 is 0 Å². The van der Waals surface area contributed by atoms with Crippen molar-refractivity contribution in [1.82, 2.24) is 5.32 Å². The summed E-state index contributed by atoms with van der Waals surface area (Å²) in [5.74, 6) is 0.993. The van der Waals surface area contributed by atoms with Crippen LogP contribution in [0.3, 0.4) is 0 Å². The van der Waals surface area contributed by atoms with Gasteiger partial charge in [-0.25, -0.2) is 0 Å². The molecule has 0 saturated carbocycles. The highest BCUT2D eigenvalue weighted by molar-refractivity contribution is 5.02. The highest BCUT2D eigenvalue weighted by atomic mass is 16.3. The van der Waals surface area contributed by atoms with E-state index in [0.717, 1.165) is 31.7 Å². The fourth-order valence-corrected chi connectivity index (χ4v) is 1.23. The molecule has 1 rings (SSSR count). The molecular formula is C10H18N2O. The number of furan rings is 1. The van der Waals surface area contributed by atoms with Crippen LogP contribution in [0.2, 0.25) is 0 Å². The van der Waals surface area contributed by atoms with Gasteiger partial charge in [0.1, 0.15) is 5.76 Å². The Labute approximate surface area is 79.3 Å². The van der Waals surface area contributed by atoms with Gasteiger partial charge in [-0.3, -0.25) is 0 Å². The normalized spacial score (nSPS) is 13.1. The molecule has 1 unspecified atom stereocenters. The number of unbranched alkanes of at least 4 members (excludes halogenated alkanes) is 1. The first-order valence-electron chi connectivity index (χ1n) is 4.81. The van der Waals surface area contributed by atoms with Crippen LogP contribution in [-0.2, 0) is 0 Å². The molecule has 0 aliphatic rings. The van der Waals surface area contributed by atoms with E-state index in [-0.39, 0.29) is 0 Å². The molecule has 3 N–H and O–H groups in total. The van der Waals surface area contributed by atoms with Crippen LogP contribution in [0.15, 0.2) is 22.8 Å². The first kappa shape index (κ1) is 10.3. The molecule has 0 amide bonds. The van der Waals surface area contributed by atoms with E-state index in [0.29, 0.717) is 6.04 Å². The number of nitrogens with one attached hydrogen (secondary N) is 1. The minimum Gasteiger partial charge on any atom is -0.468 e. The summed E-state index contributed by atoms with van der Waals surface area (Å²) in [4.78, 5) is 0. The molecule has 0 saturated heterocycles. The summed E-state index contributed by atoms with van der Waals surface area (Å²) in [6, 6.07) is 4.20. The summed E-state index contributed by atoms with van der Waals surface area (Å²) in [6.45, 7) is 3.87. The third-order valence-corrected chi connectivity index (χ3v) is 2.05. The Bertz CT molecular complexity index is 209. The molecule has 0 aromatic carbocycles. The summed E-state index contributed by atoms with van der Waals surface area (Å²) >= 11 is 0. The average Bonchev–Trinajstić information content (AvgIpc) is 2.65. The largest absolute Gasteiger partial charge is 0.468 e. The maximum Gasteiger partial charge on any atom is 0.120 e. The van der Waals surface area contributed by atoms with Gasteiger partial charge in [0.05, 0.1) is 12.3 Å². The summed E-state index contributed by atoms with van der Waals surface area (Å²) in [5.41, 5.74) is 5.39. The molecule has 1 aromatic rings. The second-order valence-corrected chi connectivity index (χ2v) is 3.19. The summed E-state index contributed by atoms with van der Waals surface area (Å²) in [7, 11) is 0. The summed E-state index contributed by atoms with van der Waals surface area (Å²) in [5, 5.41) is 3.37. The molecule has 3 heteroatoms. The second kappa shape index (κ2) is 5.78. The molecule has 0 aliphatic heterocycles. The Morgan fingerprint density at radius 1 is 1.54 bits per heavy atom. The van der Waals surface area contributed by atoms with Crippen molar-refractivity contribution >= 4 is 0 Å². The molecule has 74 valence electrons. The van der Waals surface area contributed by atoms with Gasteiger partial charge in [-0.05, 0) is 45.0 Å². The van der Waals surface area contributed by atoms with Gasteiger partial charge in [-0.15, -0.1) is 0 Å². The predicted octanol–water partition coefficient (Wildman–Crippen LogP) is 1.67. The monoisotopic (exact) mass is 182 g/mol. The standard InChI is InChI=1S/C10H18N2O/c1-9(10-5-4-8-13-10)12-7-3-2-6-11/h4-5,8-9,12H,2-3,6-7,11H2,1H3. The first-order chi connectivity index (χ1) is 6.34. The van der Waals surface area contributed by atoms with Crippen LogP contribution < -0.4 is 11.1 Å². The van der Waals surface area contributed by atoms with Crippen LogP contribution in [0.25, 0.3) is 0 Å². The topological polar surface area (TPSA) is 51.2 Å².